The molecule has 0 aliphatic carbocycles. The number of amides is 1. The molecule has 0 saturated carbocycles. The third-order valence-electron chi connectivity index (χ3n) is 2.39. The SMILES string of the molecule is CCNC(=O)C(C)Oc1ccccc1C(C)O. The van der Waals surface area contributed by atoms with Crippen molar-refractivity contribution in [1.82, 2.24) is 5.32 Å². The molecule has 4 nitrogen and oxygen atoms in total. The molecule has 1 rings (SSSR count). The molecule has 1 aromatic carbocycles. The van der Waals surface area contributed by atoms with E-state index in [4.69, 9.17) is 4.74 Å². The first-order chi connectivity index (χ1) is 8.06. The lowest BCUT2D eigenvalue weighted by molar-refractivity contribution is -0.127. The quantitative estimate of drug-likeness (QED) is 0.818. The number of likely N-dealkylation sites (N-methyl/N-ethyl adjacent to an activating group) is 1. The second kappa shape index (κ2) is 6.25. The predicted molar refractivity (Wildman–Crippen MR) is 65.8 cm³/mol. The van der Waals surface area contributed by atoms with Crippen molar-refractivity contribution in [3.8, 4) is 5.75 Å². The number of carbonyl (C=O) groups excluding carboxylic acids is 1. The van der Waals surface area contributed by atoms with E-state index in [1.807, 2.05) is 19.1 Å². The summed E-state index contributed by atoms with van der Waals surface area (Å²) in [6.45, 7) is 5.78. The Morgan fingerprint density at radius 1 is 1.41 bits per heavy atom. The first-order valence-electron chi connectivity index (χ1n) is 5.77. The van der Waals surface area contributed by atoms with E-state index >= 15 is 0 Å². The lowest BCUT2D eigenvalue weighted by atomic mass is 10.1. The molecule has 0 bridgehead atoms. The summed E-state index contributed by atoms with van der Waals surface area (Å²) < 4.78 is 5.55. The Morgan fingerprint density at radius 3 is 2.65 bits per heavy atom. The van der Waals surface area contributed by atoms with Crippen LogP contribution in [0.3, 0.4) is 0 Å². The molecular formula is C13H19NO3. The van der Waals surface area contributed by atoms with Gasteiger partial charge in [-0.25, -0.2) is 0 Å². The average Bonchev–Trinajstić information content (AvgIpc) is 2.29. The van der Waals surface area contributed by atoms with Crippen LogP contribution in [0.25, 0.3) is 0 Å². The van der Waals surface area contributed by atoms with Crippen LogP contribution in [0, 0.1) is 0 Å². The monoisotopic (exact) mass is 237 g/mol. The molecule has 0 fully saturated rings. The molecule has 1 amide bonds. The second-order valence-electron chi connectivity index (χ2n) is 3.87. The summed E-state index contributed by atoms with van der Waals surface area (Å²) in [5.41, 5.74) is 0.684. The summed E-state index contributed by atoms with van der Waals surface area (Å²) in [5.74, 6) is 0.383. The molecule has 2 unspecified atom stereocenters. The molecule has 17 heavy (non-hydrogen) atoms. The molecule has 4 heteroatoms. The van der Waals surface area contributed by atoms with Gasteiger partial charge in [0.2, 0.25) is 0 Å². The van der Waals surface area contributed by atoms with Gasteiger partial charge in [-0.05, 0) is 26.8 Å². The zero-order valence-electron chi connectivity index (χ0n) is 10.4. The maximum atomic E-state index is 11.5. The fraction of sp³-hybridized carbons (Fsp3) is 0.462. The van der Waals surface area contributed by atoms with Gasteiger partial charge in [-0.2, -0.15) is 0 Å². The number of nitrogens with one attached hydrogen (secondary N) is 1. The summed E-state index contributed by atoms with van der Waals surface area (Å²) >= 11 is 0. The number of aliphatic hydroxyl groups excluding tert-OH is 1. The van der Waals surface area contributed by atoms with Crippen molar-refractivity contribution in [3.63, 3.8) is 0 Å². The highest BCUT2D eigenvalue weighted by molar-refractivity contribution is 5.80. The lowest BCUT2D eigenvalue weighted by Crippen LogP contribution is -2.36. The van der Waals surface area contributed by atoms with Crippen LogP contribution in [0.1, 0.15) is 32.4 Å². The van der Waals surface area contributed by atoms with Gasteiger partial charge < -0.3 is 15.2 Å². The molecule has 0 saturated heterocycles. The van der Waals surface area contributed by atoms with E-state index in [-0.39, 0.29) is 5.91 Å². The molecule has 1 aromatic rings. The molecule has 94 valence electrons. The van der Waals surface area contributed by atoms with Gasteiger partial charge in [0, 0.05) is 12.1 Å². The van der Waals surface area contributed by atoms with E-state index in [0.717, 1.165) is 0 Å². The van der Waals surface area contributed by atoms with Crippen molar-refractivity contribution in [2.45, 2.75) is 33.0 Å². The van der Waals surface area contributed by atoms with Gasteiger partial charge >= 0.3 is 0 Å². The Hall–Kier alpha value is -1.55. The standard InChI is InChI=1S/C13H19NO3/c1-4-14-13(16)10(3)17-12-8-6-5-7-11(12)9(2)15/h5-10,15H,4H2,1-3H3,(H,14,16). The number of rotatable bonds is 5. The largest absolute Gasteiger partial charge is 0.481 e. The van der Waals surface area contributed by atoms with Gasteiger partial charge in [-0.3, -0.25) is 4.79 Å². The first-order valence-corrected chi connectivity index (χ1v) is 5.77. The Labute approximate surface area is 102 Å². The minimum atomic E-state index is -0.618. The van der Waals surface area contributed by atoms with Crippen molar-refractivity contribution < 1.29 is 14.6 Å². The highest BCUT2D eigenvalue weighted by Crippen LogP contribution is 2.25. The third-order valence-corrected chi connectivity index (χ3v) is 2.39. The zero-order chi connectivity index (χ0) is 12.8. The number of carbonyl (C=O) groups is 1. The van der Waals surface area contributed by atoms with Gasteiger partial charge in [-0.15, -0.1) is 0 Å². The number of para-hydroxylation sites is 1. The molecule has 0 aliphatic rings. The van der Waals surface area contributed by atoms with Gasteiger partial charge in [0.05, 0.1) is 6.10 Å². The van der Waals surface area contributed by atoms with Crippen molar-refractivity contribution in [3.05, 3.63) is 29.8 Å². The number of benzene rings is 1. The molecule has 2 atom stereocenters. The van der Waals surface area contributed by atoms with Gasteiger partial charge in [0.1, 0.15) is 5.75 Å². The van der Waals surface area contributed by atoms with Gasteiger partial charge in [0.25, 0.3) is 5.91 Å². The second-order valence-corrected chi connectivity index (χ2v) is 3.87. The summed E-state index contributed by atoms with van der Waals surface area (Å²) in [4.78, 5) is 11.5. The Bertz CT molecular complexity index is 377. The summed E-state index contributed by atoms with van der Waals surface area (Å²) in [5, 5.41) is 12.3. The zero-order valence-corrected chi connectivity index (χ0v) is 10.4. The van der Waals surface area contributed by atoms with Gasteiger partial charge in [-0.1, -0.05) is 18.2 Å². The maximum Gasteiger partial charge on any atom is 0.260 e. The van der Waals surface area contributed by atoms with Crippen LogP contribution in [0.2, 0.25) is 0 Å². The lowest BCUT2D eigenvalue weighted by Gasteiger charge is -2.17. The van der Waals surface area contributed by atoms with E-state index in [1.54, 1.807) is 26.0 Å². The van der Waals surface area contributed by atoms with E-state index in [2.05, 4.69) is 5.32 Å². The minimum Gasteiger partial charge on any atom is -0.481 e. The van der Waals surface area contributed by atoms with Crippen LogP contribution in [-0.2, 0) is 4.79 Å². The van der Waals surface area contributed by atoms with Crippen molar-refractivity contribution in [1.29, 1.82) is 0 Å². The Morgan fingerprint density at radius 2 is 2.06 bits per heavy atom. The maximum absolute atomic E-state index is 11.5. The van der Waals surface area contributed by atoms with Crippen molar-refractivity contribution in [2.24, 2.45) is 0 Å². The fourth-order valence-corrected chi connectivity index (χ4v) is 1.49. The Kier molecular flexibility index (Phi) is 4.97. The summed E-state index contributed by atoms with van der Waals surface area (Å²) in [6, 6.07) is 7.17. The minimum absolute atomic E-state index is 0.159. The highest BCUT2D eigenvalue weighted by atomic mass is 16.5. The molecule has 0 aliphatic heterocycles. The molecule has 0 radical (unpaired) electrons. The van der Waals surface area contributed by atoms with Crippen LogP contribution in [0.5, 0.6) is 5.75 Å². The topological polar surface area (TPSA) is 58.6 Å². The molecule has 0 aromatic heterocycles. The van der Waals surface area contributed by atoms with E-state index in [0.29, 0.717) is 17.9 Å². The number of hydrogen-bond acceptors (Lipinski definition) is 3. The number of ether oxygens (including phenoxy) is 1. The third kappa shape index (κ3) is 3.75. The fourth-order valence-electron chi connectivity index (χ4n) is 1.49. The van der Waals surface area contributed by atoms with Crippen LogP contribution in [0.15, 0.2) is 24.3 Å². The molecule has 0 spiro atoms. The van der Waals surface area contributed by atoms with Crippen LogP contribution < -0.4 is 10.1 Å². The first kappa shape index (κ1) is 13.5. The number of aliphatic hydroxyl groups is 1. The Balaban J connectivity index is 2.77. The summed E-state index contributed by atoms with van der Waals surface area (Å²) in [7, 11) is 0. The van der Waals surface area contributed by atoms with Gasteiger partial charge in [0.15, 0.2) is 6.10 Å². The van der Waals surface area contributed by atoms with E-state index < -0.39 is 12.2 Å². The van der Waals surface area contributed by atoms with E-state index in [9.17, 15) is 9.90 Å². The smallest absolute Gasteiger partial charge is 0.260 e. The van der Waals surface area contributed by atoms with Crippen LogP contribution >= 0.6 is 0 Å². The normalized spacial score (nSPS) is 13.9. The van der Waals surface area contributed by atoms with Crippen LogP contribution in [0.4, 0.5) is 0 Å². The van der Waals surface area contributed by atoms with Crippen molar-refractivity contribution >= 4 is 5.91 Å². The van der Waals surface area contributed by atoms with E-state index in [1.165, 1.54) is 0 Å². The molecule has 2 N–H and O–H groups in total. The highest BCUT2D eigenvalue weighted by Gasteiger charge is 2.16. The predicted octanol–water partition coefficient (Wildman–Crippen LogP) is 1.64. The average molecular weight is 237 g/mol. The molecule has 0 heterocycles. The summed E-state index contributed by atoms with van der Waals surface area (Å²) in [6.07, 6.45) is -1.19. The van der Waals surface area contributed by atoms with Crippen molar-refractivity contribution in [2.75, 3.05) is 6.54 Å². The number of hydrogen-bond donors (Lipinski definition) is 2. The molecular weight excluding hydrogens is 218 g/mol. The van der Waals surface area contributed by atoms with Crippen LogP contribution in [-0.4, -0.2) is 23.7 Å².